The molecule has 3 rings (SSSR count). The lowest BCUT2D eigenvalue weighted by molar-refractivity contribution is -0.157. The molecule has 12 nitrogen and oxygen atoms in total. The van der Waals surface area contributed by atoms with Crippen LogP contribution in [-0.4, -0.2) is 86.1 Å². The number of esters is 1. The molecule has 0 aliphatic rings. The number of nitrogens with one attached hydrogen (secondary N) is 1. The van der Waals surface area contributed by atoms with E-state index >= 15 is 0 Å². The third-order valence-corrected chi connectivity index (χ3v) is 7.22. The van der Waals surface area contributed by atoms with Gasteiger partial charge in [0.1, 0.15) is 18.0 Å². The van der Waals surface area contributed by atoms with Gasteiger partial charge in [0.15, 0.2) is 17.7 Å². The van der Waals surface area contributed by atoms with Crippen LogP contribution in [0, 0.1) is 0 Å². The van der Waals surface area contributed by atoms with E-state index in [9.17, 15) is 14.4 Å². The fraction of sp³-hybridized carbons (Fsp3) is 0.486. The number of carbonyl (C=O) groups is 3. The number of aromatic nitrogens is 1. The van der Waals surface area contributed by atoms with Crippen molar-refractivity contribution in [2.75, 3.05) is 34.4 Å². The summed E-state index contributed by atoms with van der Waals surface area (Å²) >= 11 is 0. The molecule has 3 aromatic rings. The number of rotatable bonds is 17. The molecule has 1 aromatic heterocycles. The van der Waals surface area contributed by atoms with Crippen molar-refractivity contribution in [2.45, 2.75) is 77.1 Å². The highest BCUT2D eigenvalue weighted by molar-refractivity contribution is 5.86. The Morgan fingerprint density at radius 3 is 2.09 bits per heavy atom. The Morgan fingerprint density at radius 1 is 0.936 bits per heavy atom. The van der Waals surface area contributed by atoms with E-state index in [-0.39, 0.29) is 38.0 Å². The van der Waals surface area contributed by atoms with Crippen LogP contribution in [0.1, 0.15) is 67.5 Å². The number of likely N-dealkylation sites (N-methyl/N-ethyl adjacent to an activating group) is 1. The van der Waals surface area contributed by atoms with Gasteiger partial charge in [-0.3, -0.25) is 4.79 Å². The monoisotopic (exact) mass is 653 g/mol. The smallest absolute Gasteiger partial charge is 0.410 e. The van der Waals surface area contributed by atoms with E-state index in [1.807, 2.05) is 67.6 Å². The van der Waals surface area contributed by atoms with Crippen LogP contribution in [0.15, 0.2) is 71.3 Å². The van der Waals surface area contributed by atoms with Gasteiger partial charge in [-0.1, -0.05) is 67.6 Å². The maximum Gasteiger partial charge on any atom is 0.410 e. The molecule has 4 atom stereocenters. The molecule has 12 heteroatoms. The lowest BCUT2D eigenvalue weighted by Gasteiger charge is -2.38. The molecule has 0 unspecified atom stereocenters. The average molecular weight is 654 g/mol. The molecule has 2 amide bonds. The second-order valence-corrected chi connectivity index (χ2v) is 12.1. The molecule has 256 valence electrons. The number of oxazole rings is 1. The molecule has 0 aliphatic carbocycles. The van der Waals surface area contributed by atoms with E-state index in [1.54, 1.807) is 27.8 Å². The molecular weight excluding hydrogens is 606 g/mol. The van der Waals surface area contributed by atoms with Gasteiger partial charge in [0.05, 0.1) is 33.0 Å². The van der Waals surface area contributed by atoms with Gasteiger partial charge in [0.2, 0.25) is 0 Å². The standard InChI is InChI=1S/C35H47N3O9/c1-24(32-37-27(22-46-32)33(40)43-7)18-19-36-31(39)30(45-21-26-16-12-9-13-17-26)29(44-20-25-14-10-8-11-15-25)28(23-42-6)38(5)34(41)47-35(2,3)4/h8-17,22,24,28-30H,18-21,23H2,1-7H3,(H,36,39)/t24-,28-,29-,30-/m1/s1. The van der Waals surface area contributed by atoms with E-state index < -0.39 is 41.8 Å². The Kier molecular flexibility index (Phi) is 14.4. The minimum atomic E-state index is -1.16. The average Bonchev–Trinajstić information content (AvgIpc) is 3.55. The van der Waals surface area contributed by atoms with Crippen LogP contribution in [0.5, 0.6) is 0 Å². The predicted molar refractivity (Wildman–Crippen MR) is 174 cm³/mol. The van der Waals surface area contributed by atoms with Crippen molar-refractivity contribution in [3.63, 3.8) is 0 Å². The molecule has 47 heavy (non-hydrogen) atoms. The number of hydrogen-bond acceptors (Lipinski definition) is 10. The first kappa shape index (κ1) is 37.2. The molecule has 2 aromatic carbocycles. The van der Waals surface area contributed by atoms with Gasteiger partial charge in [-0.05, 0) is 38.3 Å². The highest BCUT2D eigenvalue weighted by Crippen LogP contribution is 2.22. The number of benzene rings is 2. The maximum absolute atomic E-state index is 14.0. The molecule has 0 aliphatic heterocycles. The van der Waals surface area contributed by atoms with E-state index in [0.717, 1.165) is 11.1 Å². The number of methoxy groups -OCH3 is 2. The molecule has 0 radical (unpaired) electrons. The van der Waals surface area contributed by atoms with Crippen LogP contribution in [0.2, 0.25) is 0 Å². The third kappa shape index (κ3) is 11.8. The molecule has 0 saturated heterocycles. The Bertz CT molecular complexity index is 1390. The summed E-state index contributed by atoms with van der Waals surface area (Å²) in [6.45, 7) is 7.75. The lowest BCUT2D eigenvalue weighted by Crippen LogP contribution is -2.57. The van der Waals surface area contributed by atoms with Crippen molar-refractivity contribution < 1.29 is 42.5 Å². The first-order valence-corrected chi connectivity index (χ1v) is 15.5. The van der Waals surface area contributed by atoms with Crippen LogP contribution in [0.3, 0.4) is 0 Å². The van der Waals surface area contributed by atoms with Gasteiger partial charge in [-0.15, -0.1) is 0 Å². The molecule has 0 spiro atoms. The normalized spacial score (nSPS) is 14.0. The van der Waals surface area contributed by atoms with Crippen molar-refractivity contribution in [1.82, 2.24) is 15.2 Å². The van der Waals surface area contributed by atoms with Crippen molar-refractivity contribution in [1.29, 1.82) is 0 Å². The van der Waals surface area contributed by atoms with Crippen molar-refractivity contribution in [2.24, 2.45) is 0 Å². The summed E-state index contributed by atoms with van der Waals surface area (Å²) in [6, 6.07) is 18.2. The summed E-state index contributed by atoms with van der Waals surface area (Å²) in [7, 11) is 4.37. The lowest BCUT2D eigenvalue weighted by atomic mass is 10.0. The van der Waals surface area contributed by atoms with Crippen LogP contribution >= 0.6 is 0 Å². The number of amides is 2. The zero-order valence-corrected chi connectivity index (χ0v) is 28.3. The van der Waals surface area contributed by atoms with Crippen molar-refractivity contribution in [3.05, 3.63) is 89.6 Å². The zero-order chi connectivity index (χ0) is 34.4. The van der Waals surface area contributed by atoms with Gasteiger partial charge in [0.25, 0.3) is 5.91 Å². The topological polar surface area (TPSA) is 139 Å². The van der Waals surface area contributed by atoms with Crippen LogP contribution < -0.4 is 5.32 Å². The maximum atomic E-state index is 14.0. The fourth-order valence-corrected chi connectivity index (χ4v) is 4.66. The van der Waals surface area contributed by atoms with E-state index in [2.05, 4.69) is 10.3 Å². The highest BCUT2D eigenvalue weighted by atomic mass is 16.6. The Labute approximate surface area is 276 Å². The summed E-state index contributed by atoms with van der Waals surface area (Å²) in [5.74, 6) is -0.906. The summed E-state index contributed by atoms with van der Waals surface area (Å²) in [6.07, 6.45) is -1.03. The number of hydrogen-bond donors (Lipinski definition) is 1. The van der Waals surface area contributed by atoms with Crippen molar-refractivity contribution in [3.8, 4) is 0 Å². The van der Waals surface area contributed by atoms with Crippen LogP contribution in [0.4, 0.5) is 4.79 Å². The fourth-order valence-electron chi connectivity index (χ4n) is 4.66. The van der Waals surface area contributed by atoms with Crippen LogP contribution in [-0.2, 0) is 41.7 Å². The van der Waals surface area contributed by atoms with Crippen molar-refractivity contribution >= 4 is 18.0 Å². The second kappa shape index (κ2) is 18.2. The summed E-state index contributed by atoms with van der Waals surface area (Å²) in [4.78, 5) is 44.7. The first-order valence-electron chi connectivity index (χ1n) is 15.5. The third-order valence-electron chi connectivity index (χ3n) is 7.22. The minimum absolute atomic E-state index is 0.0391. The molecule has 0 saturated carbocycles. The number of nitrogens with zero attached hydrogens (tertiary/aromatic N) is 2. The summed E-state index contributed by atoms with van der Waals surface area (Å²) in [5.41, 5.74) is 1.06. The van der Waals surface area contributed by atoms with Gasteiger partial charge in [-0.25, -0.2) is 14.6 Å². The summed E-state index contributed by atoms with van der Waals surface area (Å²) in [5, 5.41) is 2.96. The van der Waals surface area contributed by atoms with Gasteiger partial charge in [0, 0.05) is 26.6 Å². The highest BCUT2D eigenvalue weighted by Gasteiger charge is 2.41. The minimum Gasteiger partial charge on any atom is -0.464 e. The Hall–Kier alpha value is -4.26. The number of ether oxygens (including phenoxy) is 5. The predicted octanol–water partition coefficient (Wildman–Crippen LogP) is 5.12. The molecule has 0 fully saturated rings. The number of carbonyl (C=O) groups excluding carboxylic acids is 3. The Morgan fingerprint density at radius 2 is 1.53 bits per heavy atom. The summed E-state index contributed by atoms with van der Waals surface area (Å²) < 4.78 is 34.2. The van der Waals surface area contributed by atoms with E-state index in [0.29, 0.717) is 12.3 Å². The molecule has 0 bridgehead atoms. The first-order chi connectivity index (χ1) is 22.4. The Balaban J connectivity index is 1.88. The van der Waals surface area contributed by atoms with Gasteiger partial charge >= 0.3 is 12.1 Å². The van der Waals surface area contributed by atoms with E-state index in [1.165, 1.54) is 25.4 Å². The molecular formula is C35H47N3O9. The molecule has 1 N–H and O–H groups in total. The largest absolute Gasteiger partial charge is 0.464 e. The second-order valence-electron chi connectivity index (χ2n) is 12.1. The van der Waals surface area contributed by atoms with Crippen LogP contribution in [0.25, 0.3) is 0 Å². The quantitative estimate of drug-likeness (QED) is 0.195. The van der Waals surface area contributed by atoms with E-state index in [4.69, 9.17) is 28.1 Å². The van der Waals surface area contributed by atoms with Gasteiger partial charge in [-0.2, -0.15) is 0 Å². The van der Waals surface area contributed by atoms with Gasteiger partial charge < -0.3 is 38.3 Å². The molecule has 1 heterocycles. The zero-order valence-electron chi connectivity index (χ0n) is 28.3. The SMILES string of the molecule is COC[C@H]([C@@H](OCc1ccccc1)[C@@H](OCc1ccccc1)C(=O)NCC[C@@H](C)c1nc(C(=O)OC)co1)N(C)C(=O)OC(C)(C)C.